The topological polar surface area (TPSA) is 99.2 Å². The molecule has 0 unspecified atom stereocenters. The maximum Gasteiger partial charge on any atom is 0.226 e. The number of carbonyl (C=O) groups is 1. The number of hydrogen-bond donors (Lipinski definition) is 2. The van der Waals surface area contributed by atoms with E-state index in [0.29, 0.717) is 27.8 Å². The van der Waals surface area contributed by atoms with Crippen LogP contribution in [0.25, 0.3) is 0 Å². The fourth-order valence-electron chi connectivity index (χ4n) is 5.33. The second-order valence-corrected chi connectivity index (χ2v) is 11.1. The second-order valence-electron chi connectivity index (χ2n) is 10.1. The molecule has 0 saturated carbocycles. The molecule has 9 nitrogen and oxygen atoms in total. The summed E-state index contributed by atoms with van der Waals surface area (Å²) in [5, 5.41) is 24.1. The molecule has 0 aliphatic carbocycles. The molecular formula is C26H33FN8OS. The van der Waals surface area contributed by atoms with Gasteiger partial charge < -0.3 is 15.5 Å². The van der Waals surface area contributed by atoms with Gasteiger partial charge in [0.15, 0.2) is 5.82 Å². The number of benzene rings is 1. The second kappa shape index (κ2) is 11.5. The predicted octanol–water partition coefficient (Wildman–Crippen LogP) is 4.02. The van der Waals surface area contributed by atoms with Gasteiger partial charge in [0.1, 0.15) is 5.82 Å². The summed E-state index contributed by atoms with van der Waals surface area (Å²) in [7, 11) is 0. The lowest BCUT2D eigenvalue weighted by Gasteiger charge is -2.32. The van der Waals surface area contributed by atoms with Gasteiger partial charge in [-0.25, -0.2) is 4.39 Å². The molecule has 37 heavy (non-hydrogen) atoms. The minimum atomic E-state index is -0.126. The smallest absolute Gasteiger partial charge is 0.226 e. The molecule has 2 fully saturated rings. The molecule has 196 valence electrons. The lowest BCUT2D eigenvalue weighted by atomic mass is 9.94. The molecule has 2 atom stereocenters. The molecule has 2 aliphatic heterocycles. The highest BCUT2D eigenvalue weighted by atomic mass is 32.1. The largest absolute Gasteiger partial charge is 0.355 e. The van der Waals surface area contributed by atoms with Gasteiger partial charge in [-0.15, -0.1) is 15.3 Å². The van der Waals surface area contributed by atoms with Crippen molar-refractivity contribution in [2.24, 2.45) is 5.92 Å². The molecule has 0 spiro atoms. The Kier molecular flexibility index (Phi) is 7.90. The van der Waals surface area contributed by atoms with Crippen molar-refractivity contribution in [3.05, 3.63) is 53.0 Å². The average molecular weight is 525 g/mol. The van der Waals surface area contributed by atoms with E-state index in [1.807, 2.05) is 38.1 Å². The molecule has 2 saturated heterocycles. The predicted molar refractivity (Wildman–Crippen MR) is 143 cm³/mol. The molecule has 3 aromatic rings. The number of likely N-dealkylation sites (tertiary alicyclic amines) is 1. The van der Waals surface area contributed by atoms with Crippen LogP contribution in [0.4, 0.5) is 20.5 Å². The van der Waals surface area contributed by atoms with Crippen LogP contribution in [-0.2, 0) is 11.3 Å². The summed E-state index contributed by atoms with van der Waals surface area (Å²) in [5.74, 6) is 1.01. The van der Waals surface area contributed by atoms with E-state index >= 15 is 0 Å². The number of nitrogens with one attached hydrogen (secondary N) is 2. The molecule has 4 heterocycles. The molecule has 5 rings (SSSR count). The minimum absolute atomic E-state index is 0.0299. The van der Waals surface area contributed by atoms with Crippen molar-refractivity contribution in [3.8, 4) is 0 Å². The van der Waals surface area contributed by atoms with Crippen molar-refractivity contribution in [2.75, 3.05) is 41.7 Å². The summed E-state index contributed by atoms with van der Waals surface area (Å²) in [6.45, 7) is 7.97. The van der Waals surface area contributed by atoms with Crippen LogP contribution >= 0.6 is 11.3 Å². The van der Waals surface area contributed by atoms with Gasteiger partial charge >= 0.3 is 0 Å². The summed E-state index contributed by atoms with van der Waals surface area (Å²) in [4.78, 5) is 17.3. The zero-order chi connectivity index (χ0) is 25.8. The van der Waals surface area contributed by atoms with Crippen LogP contribution in [0.2, 0.25) is 0 Å². The average Bonchev–Trinajstić information content (AvgIpc) is 3.53. The van der Waals surface area contributed by atoms with E-state index in [1.165, 1.54) is 11.3 Å². The maximum atomic E-state index is 14.0. The summed E-state index contributed by atoms with van der Waals surface area (Å²) < 4.78 is 14.0. The molecule has 1 amide bonds. The number of carbonyl (C=O) groups excluding carboxylic acids is 1. The molecule has 2 N–H and O–H groups in total. The van der Waals surface area contributed by atoms with E-state index in [1.54, 1.807) is 6.20 Å². The molecule has 0 radical (unpaired) electrons. The fourth-order valence-corrected chi connectivity index (χ4v) is 6.07. The van der Waals surface area contributed by atoms with E-state index in [-0.39, 0.29) is 23.7 Å². The number of aryl methyl sites for hydroxylation is 2. The number of anilines is 3. The molecule has 2 aliphatic rings. The van der Waals surface area contributed by atoms with Crippen molar-refractivity contribution >= 4 is 33.3 Å². The van der Waals surface area contributed by atoms with Gasteiger partial charge in [0.05, 0.1) is 0 Å². The Morgan fingerprint density at radius 1 is 1.11 bits per heavy atom. The van der Waals surface area contributed by atoms with Crippen LogP contribution in [0.3, 0.4) is 0 Å². The first-order chi connectivity index (χ1) is 17.9. The fraction of sp³-hybridized carbons (Fsp3) is 0.500. The normalized spacial score (nSPS) is 20.2. The standard InChI is InChI=1S/C26H33FN8OS/c1-17-11-20(12-18(2)24(17)27)15-34-9-4-5-19(14-34)13-23(36)30-26-33-32-25(37-26)29-21-7-10-35(16-21)22-6-3-8-28-31-22/h3,6,8,11-12,19,21H,4-5,7,9-10,13-16H2,1-2H3,(H,29,32)(H,30,33,36)/t19-,21+/m0/s1. The van der Waals surface area contributed by atoms with E-state index in [2.05, 4.69) is 40.8 Å². The third-order valence-electron chi connectivity index (χ3n) is 7.05. The highest BCUT2D eigenvalue weighted by molar-refractivity contribution is 7.19. The van der Waals surface area contributed by atoms with E-state index < -0.39 is 0 Å². The van der Waals surface area contributed by atoms with Crippen LogP contribution < -0.4 is 15.5 Å². The van der Waals surface area contributed by atoms with E-state index in [4.69, 9.17) is 0 Å². The Morgan fingerprint density at radius 2 is 1.92 bits per heavy atom. The quantitative estimate of drug-likeness (QED) is 0.456. The van der Waals surface area contributed by atoms with Gasteiger partial charge in [-0.05, 0) is 74.4 Å². The first-order valence-corrected chi connectivity index (χ1v) is 13.6. The third kappa shape index (κ3) is 6.58. The number of piperidine rings is 1. The van der Waals surface area contributed by atoms with E-state index in [9.17, 15) is 9.18 Å². The monoisotopic (exact) mass is 524 g/mol. The Labute approximate surface area is 220 Å². The van der Waals surface area contributed by atoms with Gasteiger partial charge in [0.2, 0.25) is 16.2 Å². The molecule has 11 heteroatoms. The van der Waals surface area contributed by atoms with Crippen molar-refractivity contribution in [1.82, 2.24) is 25.3 Å². The SMILES string of the molecule is Cc1cc(CN2CCC[C@@H](CC(=O)Nc3nnc(N[C@@H]4CCN(c5cccnn5)C4)s3)C2)cc(C)c1F. The Hall–Kier alpha value is -3.18. The van der Waals surface area contributed by atoms with Crippen LogP contribution in [0.15, 0.2) is 30.5 Å². The number of amides is 1. The Balaban J connectivity index is 1.08. The summed E-state index contributed by atoms with van der Waals surface area (Å²) in [5.41, 5.74) is 2.49. The maximum absolute atomic E-state index is 14.0. The summed E-state index contributed by atoms with van der Waals surface area (Å²) in [6, 6.07) is 7.95. The van der Waals surface area contributed by atoms with Gasteiger partial charge in [-0.3, -0.25) is 9.69 Å². The number of hydrogen-bond acceptors (Lipinski definition) is 9. The lowest BCUT2D eigenvalue weighted by molar-refractivity contribution is -0.117. The lowest BCUT2D eigenvalue weighted by Crippen LogP contribution is -2.36. The number of aromatic nitrogens is 4. The van der Waals surface area contributed by atoms with Crippen molar-refractivity contribution in [3.63, 3.8) is 0 Å². The van der Waals surface area contributed by atoms with Gasteiger partial charge in [0, 0.05) is 44.8 Å². The Morgan fingerprint density at radius 3 is 2.70 bits per heavy atom. The number of rotatable bonds is 8. The van der Waals surface area contributed by atoms with Gasteiger partial charge in [0.25, 0.3) is 0 Å². The molecule has 2 aromatic heterocycles. The Bertz CT molecular complexity index is 1200. The van der Waals surface area contributed by atoms with Crippen LogP contribution in [0, 0.1) is 25.6 Å². The van der Waals surface area contributed by atoms with Crippen molar-refractivity contribution in [1.29, 1.82) is 0 Å². The molecule has 1 aromatic carbocycles. The minimum Gasteiger partial charge on any atom is -0.355 e. The first-order valence-electron chi connectivity index (χ1n) is 12.8. The highest BCUT2D eigenvalue weighted by Gasteiger charge is 2.26. The zero-order valence-electron chi connectivity index (χ0n) is 21.3. The first kappa shape index (κ1) is 25.5. The van der Waals surface area contributed by atoms with Crippen LogP contribution in [-0.4, -0.2) is 63.4 Å². The van der Waals surface area contributed by atoms with E-state index in [0.717, 1.165) is 63.4 Å². The molecular weight excluding hydrogens is 491 g/mol. The summed E-state index contributed by atoms with van der Waals surface area (Å²) >= 11 is 1.36. The van der Waals surface area contributed by atoms with Crippen molar-refractivity contribution < 1.29 is 9.18 Å². The van der Waals surface area contributed by atoms with Crippen LogP contribution in [0.1, 0.15) is 42.4 Å². The van der Waals surface area contributed by atoms with Gasteiger partial charge in [-0.2, -0.15) is 5.10 Å². The number of nitrogens with zero attached hydrogens (tertiary/aromatic N) is 6. The number of halogens is 1. The van der Waals surface area contributed by atoms with Gasteiger partial charge in [-0.1, -0.05) is 23.5 Å². The third-order valence-corrected chi connectivity index (χ3v) is 7.82. The summed E-state index contributed by atoms with van der Waals surface area (Å²) in [6.07, 6.45) is 5.17. The zero-order valence-corrected chi connectivity index (χ0v) is 22.1. The molecule has 0 bridgehead atoms. The highest BCUT2D eigenvalue weighted by Crippen LogP contribution is 2.26. The van der Waals surface area contributed by atoms with Crippen molar-refractivity contribution in [2.45, 2.75) is 52.1 Å². The van der Waals surface area contributed by atoms with Crippen LogP contribution in [0.5, 0.6) is 0 Å².